The van der Waals surface area contributed by atoms with Gasteiger partial charge in [-0.1, -0.05) is 197 Å². The number of nitrogens with zero attached hydrogens (tertiary/aromatic N) is 1. The SMILES string of the molecule is CC/C=C\C/C=C\C/C=C\C/C=C\CCCCCCC(=O)NC(COP(=O)([O-])OCC[N+](C)(C)C)C(O)CCCCCCCCCCCCCCCCCCCCC. The van der Waals surface area contributed by atoms with Gasteiger partial charge in [0.25, 0.3) is 7.82 Å². The zero-order valence-electron chi connectivity index (χ0n) is 38.5. The summed E-state index contributed by atoms with van der Waals surface area (Å²) in [5.74, 6) is -0.188. The van der Waals surface area contributed by atoms with Gasteiger partial charge in [0.2, 0.25) is 5.91 Å². The Labute approximate surface area is 359 Å². The van der Waals surface area contributed by atoms with Crippen LogP contribution in [0.4, 0.5) is 0 Å². The average Bonchev–Trinajstić information content (AvgIpc) is 3.17. The fourth-order valence-corrected chi connectivity index (χ4v) is 7.52. The second-order valence-corrected chi connectivity index (χ2v) is 18.8. The summed E-state index contributed by atoms with van der Waals surface area (Å²) < 4.78 is 23.3. The maximum Gasteiger partial charge on any atom is 0.268 e. The molecule has 2 N–H and O–H groups in total. The summed E-state index contributed by atoms with van der Waals surface area (Å²) in [6, 6.07) is -0.814. The van der Waals surface area contributed by atoms with E-state index in [4.69, 9.17) is 9.05 Å². The molecule has 0 aromatic heterocycles. The fraction of sp³-hybridized carbons (Fsp3) is 0.816. The molecule has 0 radical (unpaired) electrons. The van der Waals surface area contributed by atoms with Gasteiger partial charge < -0.3 is 28.8 Å². The molecule has 340 valence electrons. The highest BCUT2D eigenvalue weighted by atomic mass is 31.2. The molecule has 0 saturated heterocycles. The molecule has 8 nitrogen and oxygen atoms in total. The third-order valence-electron chi connectivity index (χ3n) is 10.6. The monoisotopic (exact) mass is 837 g/mol. The van der Waals surface area contributed by atoms with Crippen molar-refractivity contribution in [3.05, 3.63) is 48.6 Å². The molecule has 0 spiro atoms. The number of nitrogens with one attached hydrogen (secondary N) is 1. The Morgan fingerprint density at radius 3 is 1.53 bits per heavy atom. The predicted molar refractivity (Wildman–Crippen MR) is 247 cm³/mol. The van der Waals surface area contributed by atoms with Crippen LogP contribution in [-0.2, 0) is 18.4 Å². The smallest absolute Gasteiger partial charge is 0.268 e. The van der Waals surface area contributed by atoms with E-state index in [0.29, 0.717) is 23.9 Å². The standard InChI is InChI=1S/C49H93N2O6P/c1-6-8-10-12-14-16-18-20-22-24-25-27-28-30-32-34-36-38-40-42-48(52)47(46-57-58(54,55)56-45-44-51(3,4)5)50-49(53)43-41-39-37-35-33-31-29-26-23-21-19-17-15-13-11-9-7-2/h9,11,15,17,21,23,29,31,47-48,52H,6-8,10,12-14,16,18-20,22,24-28,30,32-46H2,1-5H3,(H-,50,53,54,55)/b11-9-,17-15-,23-21-,31-29-. The van der Waals surface area contributed by atoms with Crippen molar-refractivity contribution in [3.63, 3.8) is 0 Å². The van der Waals surface area contributed by atoms with Gasteiger partial charge in [0.05, 0.1) is 39.9 Å². The van der Waals surface area contributed by atoms with E-state index in [1.807, 2.05) is 21.1 Å². The molecule has 0 heterocycles. The first-order valence-electron chi connectivity index (χ1n) is 24.0. The van der Waals surface area contributed by atoms with Crippen molar-refractivity contribution in [2.75, 3.05) is 40.9 Å². The number of carbonyl (C=O) groups is 1. The molecule has 9 heteroatoms. The maximum atomic E-state index is 12.9. The number of amides is 1. The summed E-state index contributed by atoms with van der Waals surface area (Å²) in [6.07, 6.45) is 51.2. The van der Waals surface area contributed by atoms with Gasteiger partial charge in [-0.25, -0.2) is 0 Å². The first kappa shape index (κ1) is 56.5. The average molecular weight is 837 g/mol. The molecule has 0 bridgehead atoms. The number of hydrogen-bond acceptors (Lipinski definition) is 6. The molecular formula is C49H93N2O6P. The van der Waals surface area contributed by atoms with Crippen molar-refractivity contribution in [2.45, 2.75) is 219 Å². The minimum absolute atomic E-state index is 0.00545. The lowest BCUT2D eigenvalue weighted by molar-refractivity contribution is -0.870. The Morgan fingerprint density at radius 2 is 1.05 bits per heavy atom. The Kier molecular flexibility index (Phi) is 39.8. The van der Waals surface area contributed by atoms with Crippen LogP contribution in [0.1, 0.15) is 206 Å². The van der Waals surface area contributed by atoms with E-state index in [2.05, 4.69) is 67.8 Å². The Bertz CT molecular complexity index is 1090. The molecule has 0 aliphatic heterocycles. The van der Waals surface area contributed by atoms with E-state index in [1.54, 1.807) is 0 Å². The third-order valence-corrected chi connectivity index (χ3v) is 11.5. The van der Waals surface area contributed by atoms with E-state index in [9.17, 15) is 19.4 Å². The number of unbranched alkanes of at least 4 members (excludes halogenated alkanes) is 22. The van der Waals surface area contributed by atoms with Crippen LogP contribution in [0, 0.1) is 0 Å². The predicted octanol–water partition coefficient (Wildman–Crippen LogP) is 13.0. The van der Waals surface area contributed by atoms with Crippen molar-refractivity contribution >= 4 is 13.7 Å². The molecule has 0 fully saturated rings. The normalized spacial score (nSPS) is 14.7. The van der Waals surface area contributed by atoms with Gasteiger partial charge in [0.15, 0.2) is 0 Å². The quantitative estimate of drug-likeness (QED) is 0.0274. The first-order valence-corrected chi connectivity index (χ1v) is 25.4. The Balaban J connectivity index is 4.36. The lowest BCUT2D eigenvalue weighted by atomic mass is 10.0. The second kappa shape index (κ2) is 40.8. The zero-order chi connectivity index (χ0) is 42.8. The Morgan fingerprint density at radius 1 is 0.621 bits per heavy atom. The van der Waals surface area contributed by atoms with E-state index >= 15 is 0 Å². The summed E-state index contributed by atoms with van der Waals surface area (Å²) in [6.45, 7) is 4.59. The first-order chi connectivity index (χ1) is 28.0. The van der Waals surface area contributed by atoms with Gasteiger partial charge in [0.1, 0.15) is 13.2 Å². The van der Waals surface area contributed by atoms with Gasteiger partial charge >= 0.3 is 0 Å². The molecule has 3 unspecified atom stereocenters. The topological polar surface area (TPSA) is 108 Å². The number of allylic oxidation sites excluding steroid dienone is 8. The third kappa shape index (κ3) is 42.6. The highest BCUT2D eigenvalue weighted by molar-refractivity contribution is 7.45. The molecule has 0 aromatic carbocycles. The van der Waals surface area contributed by atoms with Crippen LogP contribution in [0.25, 0.3) is 0 Å². The number of quaternary nitrogens is 1. The number of hydrogen-bond donors (Lipinski definition) is 2. The second-order valence-electron chi connectivity index (χ2n) is 17.4. The minimum atomic E-state index is -4.57. The fourth-order valence-electron chi connectivity index (χ4n) is 6.80. The number of aliphatic hydroxyl groups is 1. The number of phosphoric acid groups is 1. The number of carbonyl (C=O) groups excluding carboxylic acids is 1. The highest BCUT2D eigenvalue weighted by Gasteiger charge is 2.24. The molecule has 0 saturated carbocycles. The summed E-state index contributed by atoms with van der Waals surface area (Å²) in [5, 5.41) is 13.9. The van der Waals surface area contributed by atoms with Gasteiger partial charge in [0, 0.05) is 6.42 Å². The van der Waals surface area contributed by atoms with E-state index < -0.39 is 20.0 Å². The summed E-state index contributed by atoms with van der Waals surface area (Å²) in [4.78, 5) is 25.4. The lowest BCUT2D eigenvalue weighted by Gasteiger charge is -2.30. The maximum absolute atomic E-state index is 12.9. The van der Waals surface area contributed by atoms with Crippen molar-refractivity contribution in [1.82, 2.24) is 5.32 Å². The summed E-state index contributed by atoms with van der Waals surface area (Å²) >= 11 is 0. The van der Waals surface area contributed by atoms with Crippen molar-refractivity contribution < 1.29 is 32.9 Å². The van der Waals surface area contributed by atoms with E-state index in [-0.39, 0.29) is 19.1 Å². The molecule has 0 aliphatic rings. The van der Waals surface area contributed by atoms with Crippen LogP contribution < -0.4 is 10.2 Å². The molecule has 0 aliphatic carbocycles. The Hall–Kier alpha value is -1.54. The van der Waals surface area contributed by atoms with Crippen LogP contribution in [0.2, 0.25) is 0 Å². The van der Waals surface area contributed by atoms with Crippen LogP contribution in [0.15, 0.2) is 48.6 Å². The molecule has 58 heavy (non-hydrogen) atoms. The van der Waals surface area contributed by atoms with Crippen molar-refractivity contribution in [1.29, 1.82) is 0 Å². The van der Waals surface area contributed by atoms with Gasteiger partial charge in [-0.05, 0) is 51.4 Å². The minimum Gasteiger partial charge on any atom is -0.756 e. The number of aliphatic hydroxyl groups excluding tert-OH is 1. The van der Waals surface area contributed by atoms with Crippen LogP contribution in [-0.4, -0.2) is 68.5 Å². The molecule has 0 aromatic rings. The molecular weight excluding hydrogens is 744 g/mol. The highest BCUT2D eigenvalue weighted by Crippen LogP contribution is 2.38. The lowest BCUT2D eigenvalue weighted by Crippen LogP contribution is -2.46. The van der Waals surface area contributed by atoms with E-state index in [1.165, 1.54) is 103 Å². The number of likely N-dealkylation sites (N-methyl/N-ethyl adjacent to an activating group) is 1. The van der Waals surface area contributed by atoms with Crippen LogP contribution >= 0.6 is 7.82 Å². The largest absolute Gasteiger partial charge is 0.756 e. The summed E-state index contributed by atoms with van der Waals surface area (Å²) in [7, 11) is 1.28. The van der Waals surface area contributed by atoms with Crippen molar-refractivity contribution in [3.8, 4) is 0 Å². The number of phosphoric ester groups is 1. The van der Waals surface area contributed by atoms with Crippen molar-refractivity contribution in [2.24, 2.45) is 0 Å². The van der Waals surface area contributed by atoms with Crippen LogP contribution in [0.3, 0.4) is 0 Å². The van der Waals surface area contributed by atoms with Gasteiger partial charge in [-0.2, -0.15) is 0 Å². The molecule has 1 amide bonds. The van der Waals surface area contributed by atoms with E-state index in [0.717, 1.165) is 77.0 Å². The molecule has 0 rings (SSSR count). The molecule has 3 atom stereocenters. The van der Waals surface area contributed by atoms with Crippen LogP contribution in [0.5, 0.6) is 0 Å². The number of rotatable bonds is 43. The zero-order valence-corrected chi connectivity index (χ0v) is 39.4. The van der Waals surface area contributed by atoms with Gasteiger partial charge in [-0.15, -0.1) is 0 Å². The van der Waals surface area contributed by atoms with Gasteiger partial charge in [-0.3, -0.25) is 9.36 Å². The summed E-state index contributed by atoms with van der Waals surface area (Å²) in [5.41, 5.74) is 0.